The van der Waals surface area contributed by atoms with Gasteiger partial charge in [-0.3, -0.25) is 9.59 Å². The fourth-order valence-electron chi connectivity index (χ4n) is 3.39. The van der Waals surface area contributed by atoms with E-state index in [0.29, 0.717) is 24.0 Å². The first kappa shape index (κ1) is 15.3. The number of Topliss-reactive ketones (excluding diaryl/α,β-unsaturated/α-hetero) is 1. The summed E-state index contributed by atoms with van der Waals surface area (Å²) in [5.74, 6) is 1.62. The Morgan fingerprint density at radius 1 is 1.40 bits per heavy atom. The summed E-state index contributed by atoms with van der Waals surface area (Å²) in [6.45, 7) is 7.15. The lowest BCUT2D eigenvalue weighted by molar-refractivity contribution is -0.122. The van der Waals surface area contributed by atoms with Crippen LogP contribution in [0.5, 0.6) is 0 Å². The molecule has 4 unspecified atom stereocenters. The zero-order chi connectivity index (χ0) is 14.7. The summed E-state index contributed by atoms with van der Waals surface area (Å²) in [6.07, 6.45) is 6.69. The molecule has 112 valence electrons. The zero-order valence-electron chi connectivity index (χ0n) is 12.9. The van der Waals surface area contributed by atoms with Crippen molar-refractivity contribution < 1.29 is 9.59 Å². The van der Waals surface area contributed by atoms with E-state index in [1.165, 1.54) is 0 Å². The molecule has 1 saturated carbocycles. The van der Waals surface area contributed by atoms with Crippen LogP contribution in [0, 0.1) is 23.7 Å². The van der Waals surface area contributed by atoms with Crippen LogP contribution in [0.1, 0.15) is 52.9 Å². The van der Waals surface area contributed by atoms with Crippen LogP contribution in [0.4, 0.5) is 0 Å². The monoisotopic (exact) mass is 277 g/mol. The molecule has 1 fully saturated rings. The van der Waals surface area contributed by atoms with Crippen LogP contribution in [0.25, 0.3) is 0 Å². The van der Waals surface area contributed by atoms with Gasteiger partial charge >= 0.3 is 0 Å². The van der Waals surface area contributed by atoms with Crippen molar-refractivity contribution in [3.05, 3.63) is 11.6 Å². The summed E-state index contributed by atoms with van der Waals surface area (Å²) in [6, 6.07) is 0. The van der Waals surface area contributed by atoms with Gasteiger partial charge in [0.15, 0.2) is 0 Å². The Hall–Kier alpha value is -1.12. The summed E-state index contributed by atoms with van der Waals surface area (Å²) in [4.78, 5) is 24.4. The maximum atomic E-state index is 12.4. The van der Waals surface area contributed by atoms with Crippen molar-refractivity contribution in [2.45, 2.75) is 52.9 Å². The van der Waals surface area contributed by atoms with Gasteiger partial charge in [-0.25, -0.2) is 0 Å². The Kier molecular flexibility index (Phi) is 5.00. The Balaban J connectivity index is 2.09. The molecule has 0 radical (unpaired) electrons. The first-order chi connectivity index (χ1) is 9.56. The van der Waals surface area contributed by atoms with Gasteiger partial charge < -0.3 is 5.32 Å². The van der Waals surface area contributed by atoms with Crippen molar-refractivity contribution in [1.29, 1.82) is 0 Å². The Bertz CT molecular complexity index is 413. The van der Waals surface area contributed by atoms with Gasteiger partial charge in [0.25, 0.3) is 0 Å². The third kappa shape index (κ3) is 3.13. The maximum absolute atomic E-state index is 12.4. The number of allylic oxidation sites excluding steroid dienone is 1. The molecule has 0 spiro atoms. The predicted octanol–water partition coefficient (Wildman–Crippen LogP) is 3.10. The molecule has 2 rings (SSSR count). The van der Waals surface area contributed by atoms with Gasteiger partial charge in [0, 0.05) is 24.5 Å². The Morgan fingerprint density at radius 3 is 2.80 bits per heavy atom. The lowest BCUT2D eigenvalue weighted by Crippen LogP contribution is -2.35. The van der Waals surface area contributed by atoms with Gasteiger partial charge in [-0.05, 0) is 37.0 Å². The van der Waals surface area contributed by atoms with Crippen molar-refractivity contribution >= 4 is 11.7 Å². The lowest BCUT2D eigenvalue weighted by atomic mass is 9.74. The molecule has 4 atom stereocenters. The smallest absolute Gasteiger partial charge is 0.247 e. The molecule has 0 heterocycles. The van der Waals surface area contributed by atoms with E-state index in [1.54, 1.807) is 0 Å². The summed E-state index contributed by atoms with van der Waals surface area (Å²) in [5.41, 5.74) is 0.891. The first-order valence-corrected chi connectivity index (χ1v) is 8.09. The molecule has 0 aromatic carbocycles. The van der Waals surface area contributed by atoms with Crippen LogP contribution >= 0.6 is 0 Å². The molecule has 2 aliphatic carbocycles. The van der Waals surface area contributed by atoms with Crippen LogP contribution < -0.4 is 5.32 Å². The number of fused-ring (bicyclic) bond motifs is 1. The number of carbonyl (C=O) groups excluding carboxylic acids is 2. The minimum atomic E-state index is 0.0631. The maximum Gasteiger partial charge on any atom is 0.247 e. The quantitative estimate of drug-likeness (QED) is 0.839. The van der Waals surface area contributed by atoms with Crippen LogP contribution in [-0.4, -0.2) is 18.2 Å². The van der Waals surface area contributed by atoms with E-state index in [2.05, 4.69) is 32.2 Å². The van der Waals surface area contributed by atoms with E-state index in [9.17, 15) is 9.59 Å². The standard InChI is InChI=1S/C17H27NO2/c1-4-11(3)10-18-17(20)15-9-12(5-2)8-14-13(15)6-7-16(14)19/h9,11-14H,4-8,10H2,1-3H3,(H,18,20). The van der Waals surface area contributed by atoms with Crippen molar-refractivity contribution in [1.82, 2.24) is 5.32 Å². The molecule has 0 aliphatic heterocycles. The van der Waals surface area contributed by atoms with Crippen molar-refractivity contribution in [2.24, 2.45) is 23.7 Å². The number of amides is 1. The first-order valence-electron chi connectivity index (χ1n) is 8.09. The van der Waals surface area contributed by atoms with E-state index in [-0.39, 0.29) is 17.7 Å². The molecule has 1 N–H and O–H groups in total. The number of carbonyl (C=O) groups is 2. The molecular formula is C17H27NO2. The van der Waals surface area contributed by atoms with E-state index in [4.69, 9.17) is 0 Å². The number of ketones is 1. The summed E-state index contributed by atoms with van der Waals surface area (Å²) >= 11 is 0. The van der Waals surface area contributed by atoms with Crippen molar-refractivity contribution in [3.63, 3.8) is 0 Å². The van der Waals surface area contributed by atoms with Crippen LogP contribution in [0.2, 0.25) is 0 Å². The van der Waals surface area contributed by atoms with Crippen LogP contribution in [-0.2, 0) is 9.59 Å². The minimum Gasteiger partial charge on any atom is -0.352 e. The van der Waals surface area contributed by atoms with Crippen LogP contribution in [0.3, 0.4) is 0 Å². The van der Waals surface area contributed by atoms with Gasteiger partial charge in [-0.2, -0.15) is 0 Å². The largest absolute Gasteiger partial charge is 0.352 e. The summed E-state index contributed by atoms with van der Waals surface area (Å²) in [5, 5.41) is 3.06. The van der Waals surface area contributed by atoms with Crippen LogP contribution in [0.15, 0.2) is 11.6 Å². The van der Waals surface area contributed by atoms with E-state index in [1.807, 2.05) is 0 Å². The molecule has 0 saturated heterocycles. The summed E-state index contributed by atoms with van der Waals surface area (Å²) in [7, 11) is 0. The third-order valence-electron chi connectivity index (χ3n) is 5.07. The van der Waals surface area contributed by atoms with E-state index >= 15 is 0 Å². The zero-order valence-corrected chi connectivity index (χ0v) is 12.9. The van der Waals surface area contributed by atoms with Gasteiger partial charge in [-0.1, -0.05) is 33.3 Å². The number of hydrogen-bond donors (Lipinski definition) is 1. The molecule has 3 heteroatoms. The topological polar surface area (TPSA) is 46.2 Å². The molecule has 0 bridgehead atoms. The number of hydrogen-bond acceptors (Lipinski definition) is 2. The normalized spacial score (nSPS) is 30.6. The fraction of sp³-hybridized carbons (Fsp3) is 0.765. The van der Waals surface area contributed by atoms with Crippen molar-refractivity contribution in [3.8, 4) is 0 Å². The second kappa shape index (κ2) is 6.55. The highest BCUT2D eigenvalue weighted by Gasteiger charge is 2.42. The second-order valence-corrected chi connectivity index (χ2v) is 6.47. The van der Waals surface area contributed by atoms with Gasteiger partial charge in [0.1, 0.15) is 5.78 Å². The highest BCUT2D eigenvalue weighted by molar-refractivity contribution is 5.96. The highest BCUT2D eigenvalue weighted by atomic mass is 16.2. The number of nitrogens with one attached hydrogen (secondary N) is 1. The minimum absolute atomic E-state index is 0.0631. The molecule has 0 aromatic rings. The van der Waals surface area contributed by atoms with Gasteiger partial charge in [-0.15, -0.1) is 0 Å². The predicted molar refractivity (Wildman–Crippen MR) is 80.2 cm³/mol. The Morgan fingerprint density at radius 2 is 2.15 bits per heavy atom. The fourth-order valence-corrected chi connectivity index (χ4v) is 3.39. The third-order valence-corrected chi connectivity index (χ3v) is 5.07. The lowest BCUT2D eigenvalue weighted by Gasteiger charge is -2.30. The average Bonchev–Trinajstić information content (AvgIpc) is 2.84. The molecule has 0 aromatic heterocycles. The molecule has 3 nitrogen and oxygen atoms in total. The van der Waals surface area contributed by atoms with Gasteiger partial charge in [0.05, 0.1) is 0 Å². The Labute approximate surface area is 122 Å². The van der Waals surface area contributed by atoms with Crippen molar-refractivity contribution in [2.75, 3.05) is 6.54 Å². The SMILES string of the molecule is CCC(C)CNC(=O)C1=CC(CC)CC2C(=O)CCC12. The molecule has 1 amide bonds. The van der Waals surface area contributed by atoms with Gasteiger partial charge in [0.2, 0.25) is 5.91 Å². The molecule has 2 aliphatic rings. The molecule has 20 heavy (non-hydrogen) atoms. The van der Waals surface area contributed by atoms with E-state index < -0.39 is 0 Å². The average molecular weight is 277 g/mol. The second-order valence-electron chi connectivity index (χ2n) is 6.47. The molecular weight excluding hydrogens is 250 g/mol. The highest BCUT2D eigenvalue weighted by Crippen LogP contribution is 2.43. The number of rotatable bonds is 5. The summed E-state index contributed by atoms with van der Waals surface area (Å²) < 4.78 is 0. The van der Waals surface area contributed by atoms with E-state index in [0.717, 1.165) is 37.8 Å².